The third-order valence-electron chi connectivity index (χ3n) is 2.67. The van der Waals surface area contributed by atoms with Gasteiger partial charge in [0.15, 0.2) is 0 Å². The lowest BCUT2D eigenvalue weighted by Crippen LogP contribution is -2.26. The van der Waals surface area contributed by atoms with Gasteiger partial charge >= 0.3 is 0 Å². The molecule has 0 saturated heterocycles. The molecule has 2 nitrogen and oxygen atoms in total. The molecule has 17 heavy (non-hydrogen) atoms. The molecule has 0 aliphatic carbocycles. The van der Waals surface area contributed by atoms with Gasteiger partial charge in [-0.2, -0.15) is 11.3 Å². The minimum absolute atomic E-state index is 0.0123. The molecule has 1 aromatic carbocycles. The first-order chi connectivity index (χ1) is 8.27. The molecule has 0 unspecified atom stereocenters. The molecule has 1 heterocycles. The van der Waals surface area contributed by atoms with Crippen molar-refractivity contribution in [2.24, 2.45) is 0 Å². The highest BCUT2D eigenvalue weighted by Crippen LogP contribution is 2.08. The number of thiophene rings is 1. The molecule has 0 aliphatic heterocycles. The Hall–Kier alpha value is -1.61. The lowest BCUT2D eigenvalue weighted by Gasteiger charge is -2.06. The predicted octanol–water partition coefficient (Wildman–Crippen LogP) is 3.03. The molecule has 88 valence electrons. The molecule has 1 amide bonds. The van der Waals surface area contributed by atoms with Crippen molar-refractivity contribution < 1.29 is 4.79 Å². The van der Waals surface area contributed by atoms with E-state index >= 15 is 0 Å². The van der Waals surface area contributed by atoms with E-state index in [9.17, 15) is 4.79 Å². The van der Waals surface area contributed by atoms with Gasteiger partial charge in [0.1, 0.15) is 0 Å². The van der Waals surface area contributed by atoms with Crippen molar-refractivity contribution in [3.05, 3.63) is 57.8 Å². The minimum atomic E-state index is 0.0123. The predicted molar refractivity (Wildman–Crippen MR) is 71.5 cm³/mol. The standard InChI is InChI=1S/C14H15NOS/c1-11-4-2-3-5-13(11)14(16)15-8-6-12-7-9-17-10-12/h2-5,7,9-10H,6,8H2,1H3,(H,15,16). The van der Waals surface area contributed by atoms with E-state index in [0.717, 1.165) is 17.5 Å². The number of carbonyl (C=O) groups is 1. The zero-order valence-electron chi connectivity index (χ0n) is 9.77. The van der Waals surface area contributed by atoms with E-state index < -0.39 is 0 Å². The summed E-state index contributed by atoms with van der Waals surface area (Å²) in [6, 6.07) is 9.73. The molecule has 3 heteroatoms. The van der Waals surface area contributed by atoms with Crippen LogP contribution in [0.3, 0.4) is 0 Å². The van der Waals surface area contributed by atoms with Gasteiger partial charge < -0.3 is 5.32 Å². The highest BCUT2D eigenvalue weighted by Gasteiger charge is 2.06. The summed E-state index contributed by atoms with van der Waals surface area (Å²) in [5.74, 6) is 0.0123. The molecule has 1 aromatic heterocycles. The number of hydrogen-bond acceptors (Lipinski definition) is 2. The molecule has 2 aromatic rings. The summed E-state index contributed by atoms with van der Waals surface area (Å²) in [6.45, 7) is 2.64. The van der Waals surface area contributed by atoms with Gasteiger partial charge in [-0.1, -0.05) is 18.2 Å². The van der Waals surface area contributed by atoms with Crippen LogP contribution in [0.15, 0.2) is 41.1 Å². The molecule has 1 N–H and O–H groups in total. The Balaban J connectivity index is 1.88. The number of hydrogen-bond donors (Lipinski definition) is 1. The zero-order chi connectivity index (χ0) is 12.1. The van der Waals surface area contributed by atoms with Gasteiger partial charge in [0, 0.05) is 12.1 Å². The summed E-state index contributed by atoms with van der Waals surface area (Å²) in [5.41, 5.74) is 3.05. The maximum Gasteiger partial charge on any atom is 0.251 e. The molecule has 0 saturated carbocycles. The van der Waals surface area contributed by atoms with E-state index in [1.54, 1.807) is 11.3 Å². The van der Waals surface area contributed by atoms with Gasteiger partial charge in [0.05, 0.1) is 0 Å². The molecule has 0 fully saturated rings. The van der Waals surface area contributed by atoms with Crippen LogP contribution in [-0.2, 0) is 6.42 Å². The van der Waals surface area contributed by atoms with Crippen molar-refractivity contribution >= 4 is 17.2 Å². The van der Waals surface area contributed by atoms with E-state index in [-0.39, 0.29) is 5.91 Å². The van der Waals surface area contributed by atoms with Crippen LogP contribution in [0.5, 0.6) is 0 Å². The fraction of sp³-hybridized carbons (Fsp3) is 0.214. The summed E-state index contributed by atoms with van der Waals surface area (Å²) in [5, 5.41) is 7.11. The largest absolute Gasteiger partial charge is 0.352 e. The van der Waals surface area contributed by atoms with Crippen LogP contribution >= 0.6 is 11.3 Å². The SMILES string of the molecule is Cc1ccccc1C(=O)NCCc1ccsc1. The normalized spacial score (nSPS) is 10.2. The Kier molecular flexibility index (Phi) is 3.94. The topological polar surface area (TPSA) is 29.1 Å². The molecule has 0 radical (unpaired) electrons. The van der Waals surface area contributed by atoms with Crippen LogP contribution < -0.4 is 5.32 Å². The summed E-state index contributed by atoms with van der Waals surface area (Å²) >= 11 is 1.68. The van der Waals surface area contributed by atoms with Crippen molar-refractivity contribution in [1.29, 1.82) is 0 Å². The van der Waals surface area contributed by atoms with E-state index in [2.05, 4.69) is 22.1 Å². The van der Waals surface area contributed by atoms with Crippen LogP contribution in [0.1, 0.15) is 21.5 Å². The van der Waals surface area contributed by atoms with Crippen LogP contribution in [0.2, 0.25) is 0 Å². The zero-order valence-corrected chi connectivity index (χ0v) is 10.6. The fourth-order valence-electron chi connectivity index (χ4n) is 1.68. The van der Waals surface area contributed by atoms with E-state index in [1.807, 2.05) is 31.2 Å². The van der Waals surface area contributed by atoms with Crippen molar-refractivity contribution in [1.82, 2.24) is 5.32 Å². The first-order valence-corrected chi connectivity index (χ1v) is 6.56. The summed E-state index contributed by atoms with van der Waals surface area (Å²) in [6.07, 6.45) is 0.890. The van der Waals surface area contributed by atoms with Gasteiger partial charge in [-0.05, 0) is 47.4 Å². The summed E-state index contributed by atoms with van der Waals surface area (Å²) in [7, 11) is 0. The average Bonchev–Trinajstić information content (AvgIpc) is 2.82. The van der Waals surface area contributed by atoms with Gasteiger partial charge in [-0.3, -0.25) is 4.79 Å². The second-order valence-corrected chi connectivity index (χ2v) is 4.73. The molecule has 0 spiro atoms. The van der Waals surface area contributed by atoms with Gasteiger partial charge in [0.25, 0.3) is 5.91 Å². The Labute approximate surface area is 105 Å². The van der Waals surface area contributed by atoms with Crippen LogP contribution in [0, 0.1) is 6.92 Å². The second kappa shape index (κ2) is 5.64. The van der Waals surface area contributed by atoms with Crippen LogP contribution in [0.4, 0.5) is 0 Å². The van der Waals surface area contributed by atoms with E-state index in [0.29, 0.717) is 6.54 Å². The molecule has 0 aliphatic rings. The smallest absolute Gasteiger partial charge is 0.251 e. The highest BCUT2D eigenvalue weighted by atomic mass is 32.1. The Morgan fingerprint density at radius 2 is 2.12 bits per heavy atom. The fourth-order valence-corrected chi connectivity index (χ4v) is 2.38. The number of nitrogens with one attached hydrogen (secondary N) is 1. The van der Waals surface area contributed by atoms with Gasteiger partial charge in [-0.25, -0.2) is 0 Å². The molecule has 0 atom stereocenters. The van der Waals surface area contributed by atoms with Gasteiger partial charge in [-0.15, -0.1) is 0 Å². The third kappa shape index (κ3) is 3.17. The summed E-state index contributed by atoms with van der Waals surface area (Å²) in [4.78, 5) is 11.9. The van der Waals surface area contributed by atoms with E-state index in [1.165, 1.54) is 5.56 Å². The average molecular weight is 245 g/mol. The van der Waals surface area contributed by atoms with E-state index in [4.69, 9.17) is 0 Å². The first kappa shape index (κ1) is 11.9. The molecule has 2 rings (SSSR count). The highest BCUT2D eigenvalue weighted by molar-refractivity contribution is 7.07. The molecular weight excluding hydrogens is 230 g/mol. The third-order valence-corrected chi connectivity index (χ3v) is 3.40. The molecular formula is C14H15NOS. The Morgan fingerprint density at radius 3 is 2.82 bits per heavy atom. The number of rotatable bonds is 4. The number of carbonyl (C=O) groups excluding carboxylic acids is 1. The lowest BCUT2D eigenvalue weighted by atomic mass is 10.1. The number of aryl methyl sites for hydroxylation is 1. The van der Waals surface area contributed by atoms with Crippen molar-refractivity contribution in [3.63, 3.8) is 0 Å². The van der Waals surface area contributed by atoms with Crippen LogP contribution in [0.25, 0.3) is 0 Å². The Morgan fingerprint density at radius 1 is 1.29 bits per heavy atom. The van der Waals surface area contributed by atoms with Crippen molar-refractivity contribution in [2.75, 3.05) is 6.54 Å². The van der Waals surface area contributed by atoms with Crippen molar-refractivity contribution in [3.8, 4) is 0 Å². The second-order valence-electron chi connectivity index (χ2n) is 3.95. The maximum absolute atomic E-state index is 11.9. The molecule has 0 bridgehead atoms. The summed E-state index contributed by atoms with van der Waals surface area (Å²) < 4.78 is 0. The Bertz CT molecular complexity index is 491. The van der Waals surface area contributed by atoms with Crippen molar-refractivity contribution in [2.45, 2.75) is 13.3 Å². The van der Waals surface area contributed by atoms with Gasteiger partial charge in [0.2, 0.25) is 0 Å². The minimum Gasteiger partial charge on any atom is -0.352 e. The quantitative estimate of drug-likeness (QED) is 0.881. The lowest BCUT2D eigenvalue weighted by molar-refractivity contribution is 0.0953. The number of benzene rings is 1. The van der Waals surface area contributed by atoms with Crippen LogP contribution in [-0.4, -0.2) is 12.5 Å². The number of amides is 1. The maximum atomic E-state index is 11.9. The monoisotopic (exact) mass is 245 g/mol. The first-order valence-electron chi connectivity index (χ1n) is 5.62.